The predicted octanol–water partition coefficient (Wildman–Crippen LogP) is 2.95. The number of fused-ring (bicyclic) bond motifs is 2. The zero-order valence-corrected chi connectivity index (χ0v) is 11.3. The third-order valence-corrected chi connectivity index (χ3v) is 4.72. The van der Waals surface area contributed by atoms with Crippen molar-refractivity contribution in [3.8, 4) is 0 Å². The summed E-state index contributed by atoms with van der Waals surface area (Å²) in [4.78, 5) is 8.05. The average Bonchev–Trinajstić information content (AvgIpc) is 2.88. The van der Waals surface area contributed by atoms with Crippen molar-refractivity contribution in [3.63, 3.8) is 0 Å². The Morgan fingerprint density at radius 2 is 2.22 bits per heavy atom. The van der Waals surface area contributed by atoms with Crippen molar-refractivity contribution in [1.29, 1.82) is 0 Å². The van der Waals surface area contributed by atoms with Gasteiger partial charge in [0.2, 0.25) is 5.95 Å². The number of aromatic nitrogens is 2. The number of anilines is 2. The number of hydrogen-bond acceptors (Lipinski definition) is 4. The number of rotatable bonds is 3. The second-order valence-electron chi connectivity index (χ2n) is 5.71. The number of halogens is 1. The fourth-order valence-corrected chi connectivity index (χ4v) is 3.95. The first kappa shape index (κ1) is 12.0. The summed E-state index contributed by atoms with van der Waals surface area (Å²) in [5.41, 5.74) is 5.60. The molecule has 1 aromatic rings. The lowest BCUT2D eigenvalue weighted by Gasteiger charge is -2.28. The normalized spacial score (nSPS) is 31.6. The number of nitrogens with zero attached hydrogens (tertiary/aromatic N) is 2. The van der Waals surface area contributed by atoms with Crippen molar-refractivity contribution in [1.82, 2.24) is 9.97 Å². The van der Waals surface area contributed by atoms with Crippen LogP contribution in [0, 0.1) is 17.8 Å². The van der Waals surface area contributed by atoms with Crippen LogP contribution in [0.4, 0.5) is 11.8 Å². The fourth-order valence-electron chi connectivity index (χ4n) is 3.76. The van der Waals surface area contributed by atoms with Crippen molar-refractivity contribution in [2.45, 2.75) is 38.6 Å². The van der Waals surface area contributed by atoms with Crippen LogP contribution in [0.3, 0.4) is 0 Å². The molecule has 0 saturated heterocycles. The molecule has 2 aliphatic rings. The number of nitrogens with one attached hydrogen (secondary N) is 1. The van der Waals surface area contributed by atoms with E-state index in [0.717, 1.165) is 23.6 Å². The summed E-state index contributed by atoms with van der Waals surface area (Å²) in [5.74, 6) is 3.59. The second-order valence-corrected chi connectivity index (χ2v) is 6.09. The lowest BCUT2D eigenvalue weighted by molar-refractivity contribution is 0.304. The predicted molar refractivity (Wildman–Crippen MR) is 73.5 cm³/mol. The molecule has 2 aliphatic carbocycles. The molecule has 3 N–H and O–H groups in total. The van der Waals surface area contributed by atoms with E-state index in [4.69, 9.17) is 17.3 Å². The van der Waals surface area contributed by atoms with E-state index in [1.807, 2.05) is 0 Å². The van der Waals surface area contributed by atoms with Crippen molar-refractivity contribution < 1.29 is 0 Å². The Bertz CT molecular complexity index is 430. The van der Waals surface area contributed by atoms with Crippen LogP contribution in [0.5, 0.6) is 0 Å². The first-order valence-electron chi connectivity index (χ1n) is 6.68. The monoisotopic (exact) mass is 266 g/mol. The Morgan fingerprint density at radius 1 is 1.39 bits per heavy atom. The lowest BCUT2D eigenvalue weighted by Crippen LogP contribution is -2.30. The number of nitrogens with two attached hydrogens (primary N) is 1. The molecule has 98 valence electrons. The summed E-state index contributed by atoms with van der Waals surface area (Å²) < 4.78 is 0. The maximum absolute atomic E-state index is 5.89. The van der Waals surface area contributed by atoms with Gasteiger partial charge in [-0.2, -0.15) is 4.98 Å². The molecule has 0 aliphatic heterocycles. The standard InChI is InChI=1S/C13H19ClN4/c1-7(10-5-8-2-3-9(10)4-8)16-12-6-11(14)17-13(15)18-12/h6-10H,2-5H2,1H3,(H3,15,16,17,18). The largest absolute Gasteiger partial charge is 0.368 e. The molecule has 1 heterocycles. The molecule has 4 unspecified atom stereocenters. The van der Waals surface area contributed by atoms with Crippen molar-refractivity contribution in [3.05, 3.63) is 11.2 Å². The van der Waals surface area contributed by atoms with E-state index in [1.165, 1.54) is 25.7 Å². The van der Waals surface area contributed by atoms with Crippen molar-refractivity contribution >= 4 is 23.4 Å². The van der Waals surface area contributed by atoms with Gasteiger partial charge in [-0.15, -0.1) is 0 Å². The van der Waals surface area contributed by atoms with E-state index in [0.29, 0.717) is 11.2 Å². The smallest absolute Gasteiger partial charge is 0.223 e. The topological polar surface area (TPSA) is 63.8 Å². The summed E-state index contributed by atoms with van der Waals surface area (Å²) in [7, 11) is 0. The van der Waals surface area contributed by atoms with Gasteiger partial charge in [0.05, 0.1) is 0 Å². The molecule has 2 saturated carbocycles. The Morgan fingerprint density at radius 3 is 2.83 bits per heavy atom. The summed E-state index contributed by atoms with van der Waals surface area (Å²) in [5, 5.41) is 3.83. The highest BCUT2D eigenvalue weighted by Crippen LogP contribution is 2.49. The molecule has 0 radical (unpaired) electrons. The minimum absolute atomic E-state index is 0.227. The molecule has 18 heavy (non-hydrogen) atoms. The van der Waals surface area contributed by atoms with Crippen LogP contribution in [0.15, 0.2) is 6.07 Å². The molecular weight excluding hydrogens is 248 g/mol. The average molecular weight is 267 g/mol. The van der Waals surface area contributed by atoms with E-state index >= 15 is 0 Å². The van der Waals surface area contributed by atoms with E-state index in [-0.39, 0.29) is 5.95 Å². The molecule has 4 atom stereocenters. The molecule has 5 heteroatoms. The minimum Gasteiger partial charge on any atom is -0.368 e. The van der Waals surface area contributed by atoms with Gasteiger partial charge < -0.3 is 11.1 Å². The van der Waals surface area contributed by atoms with Gasteiger partial charge in [0.25, 0.3) is 0 Å². The van der Waals surface area contributed by atoms with Gasteiger partial charge in [0.1, 0.15) is 11.0 Å². The number of hydrogen-bond donors (Lipinski definition) is 2. The molecule has 0 spiro atoms. The molecule has 3 rings (SSSR count). The zero-order valence-electron chi connectivity index (χ0n) is 10.6. The lowest BCUT2D eigenvalue weighted by atomic mass is 9.84. The van der Waals surface area contributed by atoms with Crippen LogP contribution >= 0.6 is 11.6 Å². The van der Waals surface area contributed by atoms with Crippen LogP contribution in [0.2, 0.25) is 5.15 Å². The Hall–Kier alpha value is -1.03. The molecule has 2 bridgehead atoms. The summed E-state index contributed by atoms with van der Waals surface area (Å²) >= 11 is 5.89. The van der Waals surface area contributed by atoms with Gasteiger partial charge in [-0.3, -0.25) is 0 Å². The highest BCUT2D eigenvalue weighted by atomic mass is 35.5. The van der Waals surface area contributed by atoms with Crippen LogP contribution < -0.4 is 11.1 Å². The molecule has 1 aromatic heterocycles. The maximum atomic E-state index is 5.89. The van der Waals surface area contributed by atoms with Gasteiger partial charge in [-0.05, 0) is 43.9 Å². The third kappa shape index (κ3) is 2.26. The second kappa shape index (κ2) is 4.57. The Labute approximate surface area is 112 Å². The van der Waals surface area contributed by atoms with Crippen LogP contribution in [-0.4, -0.2) is 16.0 Å². The van der Waals surface area contributed by atoms with E-state index in [9.17, 15) is 0 Å². The van der Waals surface area contributed by atoms with Crippen molar-refractivity contribution in [2.24, 2.45) is 17.8 Å². The molecular formula is C13H19ClN4. The van der Waals surface area contributed by atoms with Gasteiger partial charge in [-0.25, -0.2) is 4.98 Å². The van der Waals surface area contributed by atoms with E-state index < -0.39 is 0 Å². The maximum Gasteiger partial charge on any atom is 0.223 e. The first-order valence-corrected chi connectivity index (χ1v) is 7.06. The fraction of sp³-hybridized carbons (Fsp3) is 0.692. The van der Waals surface area contributed by atoms with E-state index in [2.05, 4.69) is 22.2 Å². The Kier molecular flexibility index (Phi) is 3.06. The third-order valence-electron chi connectivity index (χ3n) is 4.52. The molecule has 4 nitrogen and oxygen atoms in total. The van der Waals surface area contributed by atoms with Gasteiger partial charge in [0.15, 0.2) is 0 Å². The van der Waals surface area contributed by atoms with Crippen LogP contribution in [-0.2, 0) is 0 Å². The molecule has 2 fully saturated rings. The van der Waals surface area contributed by atoms with E-state index in [1.54, 1.807) is 6.07 Å². The quantitative estimate of drug-likeness (QED) is 0.826. The highest BCUT2D eigenvalue weighted by molar-refractivity contribution is 6.29. The zero-order chi connectivity index (χ0) is 12.7. The Balaban J connectivity index is 1.68. The SMILES string of the molecule is CC(Nc1cc(Cl)nc(N)n1)C1CC2CCC1C2. The van der Waals surface area contributed by atoms with Crippen molar-refractivity contribution in [2.75, 3.05) is 11.1 Å². The van der Waals surface area contributed by atoms with Gasteiger partial charge >= 0.3 is 0 Å². The molecule has 0 aromatic carbocycles. The molecule has 0 amide bonds. The number of nitrogen functional groups attached to an aromatic ring is 1. The minimum atomic E-state index is 0.227. The summed E-state index contributed by atoms with van der Waals surface area (Å²) in [6.45, 7) is 2.23. The summed E-state index contributed by atoms with van der Waals surface area (Å²) in [6, 6.07) is 2.16. The van der Waals surface area contributed by atoms with Crippen LogP contribution in [0.25, 0.3) is 0 Å². The highest BCUT2D eigenvalue weighted by Gasteiger charge is 2.41. The van der Waals surface area contributed by atoms with Gasteiger partial charge in [-0.1, -0.05) is 18.0 Å². The van der Waals surface area contributed by atoms with Gasteiger partial charge in [0, 0.05) is 12.1 Å². The first-order chi connectivity index (χ1) is 8.61. The summed E-state index contributed by atoms with van der Waals surface area (Å²) in [6.07, 6.45) is 5.60. The van der Waals surface area contributed by atoms with Crippen LogP contribution in [0.1, 0.15) is 32.6 Å².